The lowest BCUT2D eigenvalue weighted by Crippen LogP contribution is -2.08. The van der Waals surface area contributed by atoms with Crippen LogP contribution >= 0.6 is 11.8 Å². The molecular formula is C14H23NO2S. The molecule has 102 valence electrons. The summed E-state index contributed by atoms with van der Waals surface area (Å²) in [5.41, 5.74) is 2.27. The number of anilines is 1. The Morgan fingerprint density at radius 1 is 1.28 bits per heavy atom. The molecule has 0 heterocycles. The Balaban J connectivity index is 2.52. The normalized spacial score (nSPS) is 10.4. The van der Waals surface area contributed by atoms with Crippen molar-refractivity contribution in [2.75, 3.05) is 44.2 Å². The van der Waals surface area contributed by atoms with E-state index in [1.165, 1.54) is 11.3 Å². The fourth-order valence-electron chi connectivity index (χ4n) is 1.57. The van der Waals surface area contributed by atoms with Crippen molar-refractivity contribution in [1.29, 1.82) is 0 Å². The lowest BCUT2D eigenvalue weighted by Gasteiger charge is -2.13. The number of benzene rings is 1. The van der Waals surface area contributed by atoms with Gasteiger partial charge in [0.1, 0.15) is 12.4 Å². The zero-order valence-corrected chi connectivity index (χ0v) is 12.3. The number of rotatable bonds is 9. The zero-order chi connectivity index (χ0) is 13.2. The molecule has 1 N–H and O–H groups in total. The van der Waals surface area contributed by atoms with Gasteiger partial charge in [-0.2, -0.15) is 11.8 Å². The van der Waals surface area contributed by atoms with E-state index in [1.807, 2.05) is 11.8 Å². The highest BCUT2D eigenvalue weighted by Gasteiger charge is 2.03. The predicted molar refractivity (Wildman–Crippen MR) is 80.0 cm³/mol. The van der Waals surface area contributed by atoms with E-state index >= 15 is 0 Å². The molecule has 4 heteroatoms. The molecule has 0 saturated heterocycles. The van der Waals surface area contributed by atoms with Crippen LogP contribution < -0.4 is 10.1 Å². The van der Waals surface area contributed by atoms with Crippen molar-refractivity contribution < 1.29 is 9.47 Å². The van der Waals surface area contributed by atoms with Crippen molar-refractivity contribution in [3.8, 4) is 5.75 Å². The summed E-state index contributed by atoms with van der Waals surface area (Å²) in [6.45, 7) is 4.24. The zero-order valence-electron chi connectivity index (χ0n) is 11.5. The molecule has 1 rings (SSSR count). The van der Waals surface area contributed by atoms with Crippen LogP contribution in [-0.2, 0) is 4.74 Å². The molecule has 0 aliphatic carbocycles. The fourth-order valence-corrected chi connectivity index (χ4v) is 2.00. The van der Waals surface area contributed by atoms with Crippen molar-refractivity contribution in [3.63, 3.8) is 0 Å². The molecule has 0 atom stereocenters. The van der Waals surface area contributed by atoms with Gasteiger partial charge in [0.25, 0.3) is 0 Å². The molecule has 1 aromatic rings. The number of hydrogen-bond acceptors (Lipinski definition) is 4. The van der Waals surface area contributed by atoms with E-state index in [0.717, 1.165) is 24.4 Å². The van der Waals surface area contributed by atoms with E-state index in [9.17, 15) is 0 Å². The van der Waals surface area contributed by atoms with Crippen LogP contribution in [0.15, 0.2) is 18.2 Å². The first kappa shape index (κ1) is 15.2. The summed E-state index contributed by atoms with van der Waals surface area (Å²) in [7, 11) is 1.68. The van der Waals surface area contributed by atoms with Gasteiger partial charge in [-0.3, -0.25) is 0 Å². The first-order chi connectivity index (χ1) is 8.77. The minimum atomic E-state index is 0.583. The number of thioether (sulfide) groups is 1. The van der Waals surface area contributed by atoms with Gasteiger partial charge in [-0.1, -0.05) is 6.07 Å². The maximum absolute atomic E-state index is 5.72. The van der Waals surface area contributed by atoms with Crippen LogP contribution in [0.4, 0.5) is 5.69 Å². The van der Waals surface area contributed by atoms with Gasteiger partial charge in [-0.25, -0.2) is 0 Å². The van der Waals surface area contributed by atoms with Crippen molar-refractivity contribution in [2.24, 2.45) is 0 Å². The quantitative estimate of drug-likeness (QED) is 0.697. The number of aryl methyl sites for hydroxylation is 1. The summed E-state index contributed by atoms with van der Waals surface area (Å²) in [6, 6.07) is 6.24. The third kappa shape index (κ3) is 5.65. The molecule has 0 spiro atoms. The number of nitrogens with one attached hydrogen (secondary N) is 1. The van der Waals surface area contributed by atoms with Crippen LogP contribution in [0.2, 0.25) is 0 Å². The predicted octanol–water partition coefficient (Wildman–Crippen LogP) is 3.19. The second kappa shape index (κ2) is 9.11. The van der Waals surface area contributed by atoms with E-state index in [0.29, 0.717) is 13.2 Å². The van der Waals surface area contributed by atoms with Gasteiger partial charge in [0.05, 0.1) is 12.3 Å². The van der Waals surface area contributed by atoms with Crippen LogP contribution in [0, 0.1) is 6.92 Å². The van der Waals surface area contributed by atoms with E-state index in [4.69, 9.17) is 9.47 Å². The lowest BCUT2D eigenvalue weighted by atomic mass is 10.2. The Bertz CT molecular complexity index is 345. The molecule has 18 heavy (non-hydrogen) atoms. The van der Waals surface area contributed by atoms with Crippen molar-refractivity contribution in [2.45, 2.75) is 13.3 Å². The van der Waals surface area contributed by atoms with E-state index in [1.54, 1.807) is 7.11 Å². The number of hydrogen-bond donors (Lipinski definition) is 1. The molecule has 0 saturated carbocycles. The SMILES string of the molecule is COCCOc1cc(C)ccc1NCCCSC. The largest absolute Gasteiger partial charge is 0.489 e. The monoisotopic (exact) mass is 269 g/mol. The average Bonchev–Trinajstić information content (AvgIpc) is 2.37. The standard InChI is InChI=1S/C14H23NO2S/c1-12-5-6-13(15-7-4-10-18-3)14(11-12)17-9-8-16-2/h5-6,11,15H,4,7-10H2,1-3H3. The molecule has 0 aromatic heterocycles. The second-order valence-electron chi connectivity index (χ2n) is 4.11. The molecule has 0 bridgehead atoms. The maximum atomic E-state index is 5.72. The molecule has 0 fully saturated rings. The molecule has 0 unspecified atom stereocenters. The lowest BCUT2D eigenvalue weighted by molar-refractivity contribution is 0.146. The molecular weight excluding hydrogens is 246 g/mol. The van der Waals surface area contributed by atoms with Gasteiger partial charge in [0.15, 0.2) is 0 Å². The van der Waals surface area contributed by atoms with Gasteiger partial charge < -0.3 is 14.8 Å². The Hall–Kier alpha value is -0.870. The summed E-state index contributed by atoms with van der Waals surface area (Å²) in [5, 5.41) is 3.42. The highest BCUT2D eigenvalue weighted by molar-refractivity contribution is 7.98. The fraction of sp³-hybridized carbons (Fsp3) is 0.571. The third-order valence-corrected chi connectivity index (χ3v) is 3.22. The number of ether oxygens (including phenoxy) is 2. The molecule has 3 nitrogen and oxygen atoms in total. The molecule has 1 aromatic carbocycles. The highest BCUT2D eigenvalue weighted by atomic mass is 32.2. The molecule has 0 radical (unpaired) electrons. The summed E-state index contributed by atoms with van der Waals surface area (Å²) >= 11 is 1.87. The Kier molecular flexibility index (Phi) is 7.69. The van der Waals surface area contributed by atoms with E-state index < -0.39 is 0 Å². The maximum Gasteiger partial charge on any atom is 0.142 e. The molecule has 0 aliphatic rings. The van der Waals surface area contributed by atoms with Gasteiger partial charge in [0.2, 0.25) is 0 Å². The van der Waals surface area contributed by atoms with Crippen molar-refractivity contribution >= 4 is 17.4 Å². The van der Waals surface area contributed by atoms with Crippen molar-refractivity contribution in [3.05, 3.63) is 23.8 Å². The average molecular weight is 269 g/mol. The summed E-state index contributed by atoms with van der Waals surface area (Å²) in [5.74, 6) is 2.09. The van der Waals surface area contributed by atoms with Crippen LogP contribution in [0.1, 0.15) is 12.0 Å². The van der Waals surface area contributed by atoms with Gasteiger partial charge in [-0.05, 0) is 43.0 Å². The Labute approximate surface area is 114 Å². The number of methoxy groups -OCH3 is 1. The van der Waals surface area contributed by atoms with Gasteiger partial charge >= 0.3 is 0 Å². The highest BCUT2D eigenvalue weighted by Crippen LogP contribution is 2.25. The summed E-state index contributed by atoms with van der Waals surface area (Å²) in [6.07, 6.45) is 3.29. The van der Waals surface area contributed by atoms with E-state index in [2.05, 4.69) is 36.7 Å². The Morgan fingerprint density at radius 3 is 2.83 bits per heavy atom. The van der Waals surface area contributed by atoms with Crippen LogP contribution in [0.3, 0.4) is 0 Å². The van der Waals surface area contributed by atoms with Gasteiger partial charge in [-0.15, -0.1) is 0 Å². The minimum Gasteiger partial charge on any atom is -0.489 e. The summed E-state index contributed by atoms with van der Waals surface area (Å²) in [4.78, 5) is 0. The van der Waals surface area contributed by atoms with Crippen LogP contribution in [-0.4, -0.2) is 38.9 Å². The third-order valence-electron chi connectivity index (χ3n) is 2.52. The van der Waals surface area contributed by atoms with Crippen LogP contribution in [0.5, 0.6) is 5.75 Å². The second-order valence-corrected chi connectivity index (χ2v) is 5.10. The molecule has 0 aliphatic heterocycles. The summed E-state index contributed by atoms with van der Waals surface area (Å²) < 4.78 is 10.7. The van der Waals surface area contributed by atoms with Gasteiger partial charge in [0, 0.05) is 13.7 Å². The van der Waals surface area contributed by atoms with Crippen molar-refractivity contribution in [1.82, 2.24) is 0 Å². The smallest absolute Gasteiger partial charge is 0.142 e. The molecule has 0 amide bonds. The Morgan fingerprint density at radius 2 is 2.11 bits per heavy atom. The first-order valence-electron chi connectivity index (χ1n) is 6.23. The van der Waals surface area contributed by atoms with E-state index in [-0.39, 0.29) is 0 Å². The van der Waals surface area contributed by atoms with Crippen LogP contribution in [0.25, 0.3) is 0 Å². The topological polar surface area (TPSA) is 30.5 Å². The first-order valence-corrected chi connectivity index (χ1v) is 7.62. The minimum absolute atomic E-state index is 0.583.